The fraction of sp³-hybridized carbons (Fsp3) is 0.609. The number of carbonyl (C=O) groups excluding carboxylic acids is 9. The van der Waals surface area contributed by atoms with Crippen LogP contribution in [0, 0.1) is 11.8 Å². The standard InChI is InChI=1S/C46H73N11O13S/c1-22(2)17-33(54-39(62)29(47)21-58)44(67)55-34(18-23(3)4)43(66)52-32(15-16-71-8)41(64)56-35(19-27-20-49-30-12-10-9-11-28(27)30)42(65)50-24(5)38(61)57-37(26(7)59)45(68)53-31(13-14-36(48)60)40(63)51-25(6)46(69)70/h9-12,20,22-26,29,31-35,37,49,58-59H,13-19,21,47H2,1-8H3,(H2,48,60)(H,50,65)(H,51,63)(H,52,66)(H,53,68)(H,54,62)(H,55,67)(H,56,64)(H,57,61)(H,69,70)/t24-,25-,26+,29-,31-,32-,33-,34-,35-,37-/m0/s1. The minimum absolute atomic E-state index is 0.0770. The fourth-order valence-corrected chi connectivity index (χ4v) is 7.55. The van der Waals surface area contributed by atoms with Crippen molar-refractivity contribution in [2.45, 2.75) is 147 Å². The summed E-state index contributed by atoms with van der Waals surface area (Å²) in [5, 5.41) is 50.0. The summed E-state index contributed by atoms with van der Waals surface area (Å²) in [6.07, 6.45) is 1.38. The number of carboxylic acid groups (broad SMARTS) is 1. The quantitative estimate of drug-likeness (QED) is 0.0372. The first-order chi connectivity index (χ1) is 33.3. The molecule has 24 nitrogen and oxygen atoms in total. The van der Waals surface area contributed by atoms with Crippen LogP contribution in [-0.2, 0) is 54.4 Å². The van der Waals surface area contributed by atoms with Crippen molar-refractivity contribution < 1.29 is 63.3 Å². The zero-order valence-corrected chi connectivity index (χ0v) is 42.3. The number of aliphatic hydroxyl groups is 2. The van der Waals surface area contributed by atoms with Crippen molar-refractivity contribution in [1.29, 1.82) is 0 Å². The van der Waals surface area contributed by atoms with E-state index in [0.717, 1.165) is 17.8 Å². The van der Waals surface area contributed by atoms with Gasteiger partial charge in [0.05, 0.1) is 12.7 Å². The maximum Gasteiger partial charge on any atom is 0.325 e. The van der Waals surface area contributed by atoms with Crippen LogP contribution in [0.5, 0.6) is 0 Å². The first-order valence-electron chi connectivity index (χ1n) is 23.3. The van der Waals surface area contributed by atoms with Crippen molar-refractivity contribution >= 4 is 81.8 Å². The van der Waals surface area contributed by atoms with Gasteiger partial charge in [-0.25, -0.2) is 0 Å². The van der Waals surface area contributed by atoms with Crippen LogP contribution in [0.1, 0.15) is 86.1 Å². The highest BCUT2D eigenvalue weighted by molar-refractivity contribution is 7.98. The highest BCUT2D eigenvalue weighted by atomic mass is 32.2. The van der Waals surface area contributed by atoms with Crippen LogP contribution in [0.15, 0.2) is 30.5 Å². The molecule has 2 rings (SSSR count). The number of rotatable bonds is 31. The van der Waals surface area contributed by atoms with E-state index in [1.807, 2.05) is 27.7 Å². The SMILES string of the molecule is CSCC[C@H](NC(=O)[C@H](CC(C)C)NC(=O)[C@H](CC(C)C)NC(=O)[C@@H](N)CO)C(=O)N[C@@H](Cc1c[nH]c2ccccc12)C(=O)N[C@@H](C)C(=O)N[C@H](C(=O)N[C@@H](CCC(N)=O)C(=O)N[C@@H](C)C(=O)O)[C@@H](C)O. The van der Waals surface area contributed by atoms with E-state index in [-0.39, 0.29) is 43.9 Å². The summed E-state index contributed by atoms with van der Waals surface area (Å²) < 4.78 is 0. The Labute approximate surface area is 416 Å². The molecule has 9 amide bonds. The monoisotopic (exact) mass is 1020 g/mol. The van der Waals surface area contributed by atoms with Gasteiger partial charge in [-0.3, -0.25) is 47.9 Å². The molecule has 0 spiro atoms. The normalized spacial score (nSPS) is 15.6. The van der Waals surface area contributed by atoms with Gasteiger partial charge in [-0.15, -0.1) is 0 Å². The average Bonchev–Trinajstić information content (AvgIpc) is 3.71. The molecule has 25 heteroatoms. The van der Waals surface area contributed by atoms with E-state index in [1.54, 1.807) is 36.7 Å². The third-order valence-electron chi connectivity index (χ3n) is 11.0. The van der Waals surface area contributed by atoms with Crippen molar-refractivity contribution in [3.63, 3.8) is 0 Å². The Bertz CT molecular complexity index is 2170. The Morgan fingerprint density at radius 2 is 1.10 bits per heavy atom. The molecule has 16 N–H and O–H groups in total. The molecule has 0 radical (unpaired) electrons. The molecule has 71 heavy (non-hydrogen) atoms. The van der Waals surface area contributed by atoms with Crippen LogP contribution in [0.25, 0.3) is 10.9 Å². The van der Waals surface area contributed by atoms with Gasteiger partial charge in [-0.05, 0) is 81.9 Å². The van der Waals surface area contributed by atoms with E-state index in [4.69, 9.17) is 11.5 Å². The molecule has 0 saturated carbocycles. The number of aromatic nitrogens is 1. The predicted octanol–water partition coefficient (Wildman–Crippen LogP) is -2.48. The number of thioether (sulfide) groups is 1. The van der Waals surface area contributed by atoms with Crippen LogP contribution in [0.2, 0.25) is 0 Å². The summed E-state index contributed by atoms with van der Waals surface area (Å²) in [6.45, 7) is 10.3. The number of carboxylic acids is 1. The van der Waals surface area contributed by atoms with E-state index in [9.17, 15) is 63.3 Å². The first kappa shape index (κ1) is 60.8. The molecule has 0 aliphatic heterocycles. The van der Waals surface area contributed by atoms with Gasteiger partial charge >= 0.3 is 5.97 Å². The number of aromatic amines is 1. The number of hydrogen-bond acceptors (Lipinski definition) is 14. The third kappa shape index (κ3) is 20.5. The Morgan fingerprint density at radius 1 is 0.620 bits per heavy atom. The number of nitrogens with one attached hydrogen (secondary N) is 9. The Balaban J connectivity index is 2.42. The molecule has 396 valence electrons. The van der Waals surface area contributed by atoms with Gasteiger partial charge in [-0.2, -0.15) is 11.8 Å². The summed E-state index contributed by atoms with van der Waals surface area (Å²) in [5.74, 6) is -8.91. The van der Waals surface area contributed by atoms with Crippen molar-refractivity contribution in [2.24, 2.45) is 23.3 Å². The Hall–Kier alpha value is -6.31. The molecule has 0 fully saturated rings. The molecule has 1 aromatic heterocycles. The molecule has 0 bridgehead atoms. The minimum Gasteiger partial charge on any atom is -0.480 e. The van der Waals surface area contributed by atoms with Crippen LogP contribution >= 0.6 is 11.8 Å². The largest absolute Gasteiger partial charge is 0.480 e. The Kier molecular flexibility index (Phi) is 25.5. The molecular formula is C46H73N11O13S. The zero-order valence-electron chi connectivity index (χ0n) is 41.5. The first-order valence-corrected chi connectivity index (χ1v) is 24.7. The lowest BCUT2D eigenvalue weighted by Crippen LogP contribution is -2.61. The molecule has 0 aliphatic carbocycles. The molecule has 0 aliphatic rings. The van der Waals surface area contributed by atoms with E-state index in [1.165, 1.54) is 25.6 Å². The number of para-hydroxylation sites is 1. The number of fused-ring (bicyclic) bond motifs is 1. The molecule has 2 aromatic rings. The smallest absolute Gasteiger partial charge is 0.325 e. The Morgan fingerprint density at radius 3 is 1.63 bits per heavy atom. The van der Waals surface area contributed by atoms with Crippen LogP contribution < -0.4 is 54.0 Å². The van der Waals surface area contributed by atoms with Gasteiger partial charge in [0.25, 0.3) is 0 Å². The number of aliphatic carboxylic acids is 1. The predicted molar refractivity (Wildman–Crippen MR) is 264 cm³/mol. The van der Waals surface area contributed by atoms with Crippen molar-refractivity contribution in [1.82, 2.24) is 47.5 Å². The summed E-state index contributed by atoms with van der Waals surface area (Å²) in [5.41, 5.74) is 12.2. The van der Waals surface area contributed by atoms with Crippen molar-refractivity contribution in [2.75, 3.05) is 18.6 Å². The molecule has 0 unspecified atom stereocenters. The van der Waals surface area contributed by atoms with E-state index in [2.05, 4.69) is 47.5 Å². The second kappa shape index (κ2) is 29.8. The molecular weight excluding hydrogens is 947 g/mol. The maximum absolute atomic E-state index is 14.3. The number of H-pyrrole nitrogens is 1. The molecule has 1 aromatic carbocycles. The number of primary amides is 1. The van der Waals surface area contributed by atoms with Gasteiger partial charge in [0.15, 0.2) is 0 Å². The topological polar surface area (TPSA) is 395 Å². The summed E-state index contributed by atoms with van der Waals surface area (Å²) in [7, 11) is 0. The summed E-state index contributed by atoms with van der Waals surface area (Å²) in [6, 6.07) is -5.09. The number of hydrogen-bond donors (Lipinski definition) is 14. The molecule has 0 saturated heterocycles. The lowest BCUT2D eigenvalue weighted by atomic mass is 9.99. The van der Waals surface area contributed by atoms with Gasteiger partial charge in [0.1, 0.15) is 54.4 Å². The van der Waals surface area contributed by atoms with Crippen LogP contribution in [-0.4, -0.2) is 159 Å². The highest BCUT2D eigenvalue weighted by Crippen LogP contribution is 2.20. The summed E-state index contributed by atoms with van der Waals surface area (Å²) >= 11 is 1.38. The van der Waals surface area contributed by atoms with Gasteiger partial charge < -0.3 is 74.3 Å². The van der Waals surface area contributed by atoms with E-state index in [0.29, 0.717) is 11.3 Å². The van der Waals surface area contributed by atoms with E-state index < -0.39 is 133 Å². The fourth-order valence-electron chi connectivity index (χ4n) is 7.07. The van der Waals surface area contributed by atoms with Crippen LogP contribution in [0.4, 0.5) is 0 Å². The molecule has 10 atom stereocenters. The van der Waals surface area contributed by atoms with Crippen molar-refractivity contribution in [3.05, 3.63) is 36.0 Å². The highest BCUT2D eigenvalue weighted by Gasteiger charge is 2.35. The third-order valence-corrected chi connectivity index (χ3v) is 11.7. The molecule has 1 heterocycles. The lowest BCUT2D eigenvalue weighted by molar-refractivity contribution is -0.142. The van der Waals surface area contributed by atoms with E-state index >= 15 is 0 Å². The van der Waals surface area contributed by atoms with Crippen LogP contribution in [0.3, 0.4) is 0 Å². The second-order valence-corrected chi connectivity index (χ2v) is 19.2. The minimum atomic E-state index is -1.74. The number of benzene rings is 1. The second-order valence-electron chi connectivity index (χ2n) is 18.2. The average molecular weight is 1020 g/mol. The maximum atomic E-state index is 14.3. The van der Waals surface area contributed by atoms with Gasteiger partial charge in [0, 0.05) is 29.9 Å². The zero-order chi connectivity index (χ0) is 53.7. The van der Waals surface area contributed by atoms with Gasteiger partial charge in [0.2, 0.25) is 53.2 Å². The lowest BCUT2D eigenvalue weighted by Gasteiger charge is -2.28. The number of carbonyl (C=O) groups is 10. The van der Waals surface area contributed by atoms with Gasteiger partial charge in [-0.1, -0.05) is 45.9 Å². The number of aliphatic hydroxyl groups excluding tert-OH is 2. The number of nitrogens with two attached hydrogens (primary N) is 2. The van der Waals surface area contributed by atoms with Crippen molar-refractivity contribution in [3.8, 4) is 0 Å². The summed E-state index contributed by atoms with van der Waals surface area (Å²) in [4.78, 5) is 135. The number of amides is 9.